The van der Waals surface area contributed by atoms with Crippen molar-refractivity contribution in [2.24, 2.45) is 5.73 Å². The first-order chi connectivity index (χ1) is 8.24. The summed E-state index contributed by atoms with van der Waals surface area (Å²) in [6.45, 7) is 3.47. The van der Waals surface area contributed by atoms with Gasteiger partial charge >= 0.3 is 0 Å². The van der Waals surface area contributed by atoms with Crippen molar-refractivity contribution < 1.29 is 9.47 Å². The lowest BCUT2D eigenvalue weighted by Crippen LogP contribution is -2.17. The van der Waals surface area contributed by atoms with Gasteiger partial charge in [-0.05, 0) is 31.0 Å². The first-order valence-electron chi connectivity index (χ1n) is 5.94. The Morgan fingerprint density at radius 3 is 2.53 bits per heavy atom. The lowest BCUT2D eigenvalue weighted by atomic mass is 10.1. The van der Waals surface area contributed by atoms with Crippen LogP contribution in [0, 0.1) is 0 Å². The van der Waals surface area contributed by atoms with Gasteiger partial charge in [0.15, 0.2) is 6.29 Å². The Kier molecular flexibility index (Phi) is 4.86. The van der Waals surface area contributed by atoms with Crippen molar-refractivity contribution in [2.75, 3.05) is 19.0 Å². The normalized spacial score (nSPS) is 18.5. The molecule has 0 aliphatic carbocycles. The number of ether oxygens (including phenoxy) is 2. The van der Waals surface area contributed by atoms with Gasteiger partial charge in [-0.2, -0.15) is 0 Å². The van der Waals surface area contributed by atoms with E-state index in [1.54, 1.807) is 11.8 Å². The van der Waals surface area contributed by atoms with E-state index in [-0.39, 0.29) is 12.3 Å². The summed E-state index contributed by atoms with van der Waals surface area (Å²) in [5, 5.41) is 0. The van der Waals surface area contributed by atoms with Gasteiger partial charge in [-0.1, -0.05) is 12.1 Å². The minimum Gasteiger partial charge on any atom is -0.349 e. The molecule has 4 heteroatoms. The van der Waals surface area contributed by atoms with Gasteiger partial charge in [0, 0.05) is 16.7 Å². The quantitative estimate of drug-likeness (QED) is 0.816. The SMILES string of the molecule is CC(N)Cc1ccc(SCC2OCCO2)cc1. The van der Waals surface area contributed by atoms with E-state index in [4.69, 9.17) is 15.2 Å². The van der Waals surface area contributed by atoms with Gasteiger partial charge < -0.3 is 15.2 Å². The van der Waals surface area contributed by atoms with Gasteiger partial charge in [0.25, 0.3) is 0 Å². The molecule has 3 nitrogen and oxygen atoms in total. The summed E-state index contributed by atoms with van der Waals surface area (Å²) >= 11 is 1.76. The number of thioether (sulfide) groups is 1. The Balaban J connectivity index is 1.80. The molecule has 0 saturated carbocycles. The Morgan fingerprint density at radius 1 is 1.29 bits per heavy atom. The number of rotatable bonds is 5. The first kappa shape index (κ1) is 12.9. The predicted molar refractivity (Wildman–Crippen MR) is 70.2 cm³/mol. The molecule has 1 fully saturated rings. The molecule has 1 unspecified atom stereocenters. The molecule has 1 aromatic carbocycles. The molecule has 1 atom stereocenters. The van der Waals surface area contributed by atoms with E-state index in [0.29, 0.717) is 0 Å². The Morgan fingerprint density at radius 2 is 1.94 bits per heavy atom. The standard InChI is InChI=1S/C13H19NO2S/c1-10(14)8-11-2-4-12(5-3-11)17-9-13-15-6-7-16-13/h2-5,10,13H,6-9,14H2,1H3. The van der Waals surface area contributed by atoms with Crippen LogP contribution in [0.3, 0.4) is 0 Å². The zero-order chi connectivity index (χ0) is 12.1. The molecule has 1 saturated heterocycles. The molecule has 0 aromatic heterocycles. The summed E-state index contributed by atoms with van der Waals surface area (Å²) in [6.07, 6.45) is 0.892. The lowest BCUT2D eigenvalue weighted by molar-refractivity contribution is -0.0214. The van der Waals surface area contributed by atoms with Crippen LogP contribution in [0.25, 0.3) is 0 Å². The summed E-state index contributed by atoms with van der Waals surface area (Å²) in [7, 11) is 0. The zero-order valence-electron chi connectivity index (χ0n) is 10.1. The summed E-state index contributed by atoms with van der Waals surface area (Å²) in [5.74, 6) is 0.854. The minimum absolute atomic E-state index is 0.0382. The highest BCUT2D eigenvalue weighted by Crippen LogP contribution is 2.22. The predicted octanol–water partition coefficient (Wildman–Crippen LogP) is 2.04. The second-order valence-electron chi connectivity index (χ2n) is 4.31. The maximum Gasteiger partial charge on any atom is 0.167 e. The van der Waals surface area contributed by atoms with E-state index in [2.05, 4.69) is 24.3 Å². The lowest BCUT2D eigenvalue weighted by Gasteiger charge is -2.09. The Labute approximate surface area is 107 Å². The highest BCUT2D eigenvalue weighted by Gasteiger charge is 2.15. The second-order valence-corrected chi connectivity index (χ2v) is 5.40. The van der Waals surface area contributed by atoms with E-state index in [0.717, 1.165) is 25.4 Å². The third kappa shape index (κ3) is 4.32. The van der Waals surface area contributed by atoms with Gasteiger partial charge in [0.1, 0.15) is 0 Å². The average molecular weight is 253 g/mol. The van der Waals surface area contributed by atoms with E-state index in [9.17, 15) is 0 Å². The fourth-order valence-electron chi connectivity index (χ4n) is 1.76. The molecule has 0 bridgehead atoms. The number of benzene rings is 1. The molecule has 0 amide bonds. The zero-order valence-corrected chi connectivity index (χ0v) is 10.9. The largest absolute Gasteiger partial charge is 0.349 e. The molecular formula is C13H19NO2S. The number of hydrogen-bond acceptors (Lipinski definition) is 4. The van der Waals surface area contributed by atoms with Crippen LogP contribution in [0.1, 0.15) is 12.5 Å². The molecule has 17 heavy (non-hydrogen) atoms. The van der Waals surface area contributed by atoms with Gasteiger partial charge in [0.05, 0.1) is 13.2 Å². The van der Waals surface area contributed by atoms with Crippen molar-refractivity contribution >= 4 is 11.8 Å². The molecule has 1 heterocycles. The molecule has 1 aliphatic rings. The van der Waals surface area contributed by atoms with Crippen LogP contribution in [0.5, 0.6) is 0 Å². The van der Waals surface area contributed by atoms with E-state index in [1.165, 1.54) is 10.5 Å². The third-order valence-electron chi connectivity index (χ3n) is 2.56. The van der Waals surface area contributed by atoms with Crippen molar-refractivity contribution in [2.45, 2.75) is 30.6 Å². The molecule has 1 aliphatic heterocycles. The van der Waals surface area contributed by atoms with Crippen molar-refractivity contribution in [3.05, 3.63) is 29.8 Å². The second kappa shape index (κ2) is 6.40. The Bertz CT molecular complexity index is 334. The minimum atomic E-state index is -0.0382. The van der Waals surface area contributed by atoms with E-state index in [1.807, 2.05) is 6.92 Å². The summed E-state index contributed by atoms with van der Waals surface area (Å²) in [6, 6.07) is 8.77. The van der Waals surface area contributed by atoms with Crippen molar-refractivity contribution in [3.8, 4) is 0 Å². The van der Waals surface area contributed by atoms with Gasteiger partial charge in [0.2, 0.25) is 0 Å². The average Bonchev–Trinajstić information content (AvgIpc) is 2.80. The summed E-state index contributed by atoms with van der Waals surface area (Å²) in [5.41, 5.74) is 7.06. The maximum absolute atomic E-state index is 5.77. The van der Waals surface area contributed by atoms with Gasteiger partial charge in [-0.25, -0.2) is 0 Å². The van der Waals surface area contributed by atoms with Gasteiger partial charge in [-0.3, -0.25) is 0 Å². The molecular weight excluding hydrogens is 234 g/mol. The Hall–Kier alpha value is -0.550. The van der Waals surface area contributed by atoms with Crippen LogP contribution in [0.4, 0.5) is 0 Å². The maximum atomic E-state index is 5.77. The highest BCUT2D eigenvalue weighted by atomic mass is 32.2. The van der Waals surface area contributed by atoms with Crippen LogP contribution in [-0.4, -0.2) is 31.3 Å². The van der Waals surface area contributed by atoms with E-state index >= 15 is 0 Å². The third-order valence-corrected chi connectivity index (χ3v) is 3.60. The topological polar surface area (TPSA) is 44.5 Å². The van der Waals surface area contributed by atoms with Crippen molar-refractivity contribution in [1.82, 2.24) is 0 Å². The molecule has 0 radical (unpaired) electrons. The fraction of sp³-hybridized carbons (Fsp3) is 0.538. The van der Waals surface area contributed by atoms with Crippen LogP contribution in [-0.2, 0) is 15.9 Å². The first-order valence-corrected chi connectivity index (χ1v) is 6.93. The van der Waals surface area contributed by atoms with Crippen LogP contribution in [0.15, 0.2) is 29.2 Å². The number of nitrogens with two attached hydrogens (primary N) is 1. The fourth-order valence-corrected chi connectivity index (χ4v) is 2.61. The molecule has 0 spiro atoms. The van der Waals surface area contributed by atoms with E-state index < -0.39 is 0 Å². The van der Waals surface area contributed by atoms with Crippen LogP contribution in [0.2, 0.25) is 0 Å². The van der Waals surface area contributed by atoms with Crippen LogP contribution < -0.4 is 5.73 Å². The number of hydrogen-bond donors (Lipinski definition) is 1. The molecule has 2 N–H and O–H groups in total. The molecule has 2 rings (SSSR count). The van der Waals surface area contributed by atoms with Crippen molar-refractivity contribution in [3.63, 3.8) is 0 Å². The van der Waals surface area contributed by atoms with Crippen LogP contribution >= 0.6 is 11.8 Å². The smallest absolute Gasteiger partial charge is 0.167 e. The molecule has 1 aromatic rings. The monoisotopic (exact) mass is 253 g/mol. The summed E-state index contributed by atoms with van der Waals surface area (Å²) in [4.78, 5) is 1.25. The summed E-state index contributed by atoms with van der Waals surface area (Å²) < 4.78 is 10.8. The highest BCUT2D eigenvalue weighted by molar-refractivity contribution is 7.99. The van der Waals surface area contributed by atoms with Gasteiger partial charge in [-0.15, -0.1) is 11.8 Å². The molecule has 94 valence electrons. The van der Waals surface area contributed by atoms with Crippen molar-refractivity contribution in [1.29, 1.82) is 0 Å².